The fourth-order valence-corrected chi connectivity index (χ4v) is 1.89. The summed E-state index contributed by atoms with van der Waals surface area (Å²) in [5, 5.41) is 2.57. The molecule has 0 aromatic carbocycles. The number of hydrogen-bond donors (Lipinski definition) is 1. The molecule has 1 fully saturated rings. The van der Waals surface area contributed by atoms with Gasteiger partial charge in [0.15, 0.2) is 6.10 Å². The van der Waals surface area contributed by atoms with Crippen molar-refractivity contribution in [1.29, 1.82) is 0 Å². The van der Waals surface area contributed by atoms with Crippen LogP contribution in [0.15, 0.2) is 6.07 Å². The molecular formula is C12H18N4O4. The van der Waals surface area contributed by atoms with Crippen LogP contribution >= 0.6 is 0 Å². The van der Waals surface area contributed by atoms with E-state index in [2.05, 4.69) is 15.3 Å². The third kappa shape index (κ3) is 3.08. The van der Waals surface area contributed by atoms with Gasteiger partial charge in [-0.05, 0) is 0 Å². The van der Waals surface area contributed by atoms with Gasteiger partial charge < -0.3 is 24.4 Å². The molecule has 1 aromatic rings. The lowest BCUT2D eigenvalue weighted by molar-refractivity contribution is -0.132. The average molecular weight is 282 g/mol. The lowest BCUT2D eigenvalue weighted by Crippen LogP contribution is -2.49. The van der Waals surface area contributed by atoms with E-state index in [1.54, 1.807) is 13.1 Å². The second-order valence-corrected chi connectivity index (χ2v) is 4.17. The first-order valence-electron chi connectivity index (χ1n) is 6.23. The molecule has 0 bridgehead atoms. The minimum atomic E-state index is -0.533. The van der Waals surface area contributed by atoms with E-state index >= 15 is 0 Å². The Hall–Kier alpha value is -2.09. The summed E-state index contributed by atoms with van der Waals surface area (Å²) in [7, 11) is 4.63. The summed E-state index contributed by atoms with van der Waals surface area (Å²) in [6.45, 7) is 1.42. The first kappa shape index (κ1) is 14.3. The summed E-state index contributed by atoms with van der Waals surface area (Å²) in [4.78, 5) is 22.0. The van der Waals surface area contributed by atoms with Crippen molar-refractivity contribution in [2.45, 2.75) is 6.10 Å². The molecule has 1 atom stereocenters. The van der Waals surface area contributed by atoms with Gasteiger partial charge in [0.25, 0.3) is 5.91 Å². The van der Waals surface area contributed by atoms with E-state index in [4.69, 9.17) is 14.2 Å². The van der Waals surface area contributed by atoms with Gasteiger partial charge in [0.1, 0.15) is 0 Å². The molecule has 0 radical (unpaired) electrons. The van der Waals surface area contributed by atoms with Crippen molar-refractivity contribution in [2.75, 3.05) is 45.9 Å². The summed E-state index contributed by atoms with van der Waals surface area (Å²) in [5.41, 5.74) is 0. The van der Waals surface area contributed by atoms with Gasteiger partial charge in [-0.1, -0.05) is 0 Å². The Morgan fingerprint density at radius 1 is 1.40 bits per heavy atom. The van der Waals surface area contributed by atoms with Crippen molar-refractivity contribution in [2.24, 2.45) is 0 Å². The monoisotopic (exact) mass is 282 g/mol. The molecule has 1 aromatic heterocycles. The lowest BCUT2D eigenvalue weighted by Gasteiger charge is -2.32. The van der Waals surface area contributed by atoms with Crippen LogP contribution in [0, 0.1) is 0 Å². The first-order valence-corrected chi connectivity index (χ1v) is 6.23. The SMILES string of the molecule is CNC(=O)C1CN(c2nc(OC)cc(OC)n2)CCO1. The zero-order valence-electron chi connectivity index (χ0n) is 11.8. The highest BCUT2D eigenvalue weighted by Gasteiger charge is 2.27. The molecule has 1 unspecified atom stereocenters. The van der Waals surface area contributed by atoms with Crippen LogP contribution in [0.3, 0.4) is 0 Å². The van der Waals surface area contributed by atoms with Crippen molar-refractivity contribution >= 4 is 11.9 Å². The predicted molar refractivity (Wildman–Crippen MR) is 71.2 cm³/mol. The maximum absolute atomic E-state index is 11.6. The van der Waals surface area contributed by atoms with Crippen molar-refractivity contribution in [1.82, 2.24) is 15.3 Å². The zero-order valence-corrected chi connectivity index (χ0v) is 11.8. The molecule has 2 rings (SSSR count). The van der Waals surface area contributed by atoms with Crippen molar-refractivity contribution in [3.63, 3.8) is 0 Å². The summed E-state index contributed by atoms with van der Waals surface area (Å²) < 4.78 is 15.7. The molecule has 1 amide bonds. The molecule has 8 nitrogen and oxygen atoms in total. The molecule has 0 aliphatic carbocycles. The molecule has 0 spiro atoms. The molecule has 2 heterocycles. The molecule has 20 heavy (non-hydrogen) atoms. The van der Waals surface area contributed by atoms with Crippen LogP contribution in [0.2, 0.25) is 0 Å². The van der Waals surface area contributed by atoms with Crippen LogP contribution < -0.4 is 19.7 Å². The Morgan fingerprint density at radius 2 is 2.05 bits per heavy atom. The fraction of sp³-hybridized carbons (Fsp3) is 0.583. The molecule has 0 saturated carbocycles. The second-order valence-electron chi connectivity index (χ2n) is 4.17. The highest BCUT2D eigenvalue weighted by atomic mass is 16.5. The predicted octanol–water partition coefficient (Wildman–Crippen LogP) is -0.555. The number of rotatable bonds is 4. The van der Waals surface area contributed by atoms with Crippen LogP contribution in [-0.2, 0) is 9.53 Å². The number of hydrogen-bond acceptors (Lipinski definition) is 7. The summed E-state index contributed by atoms with van der Waals surface area (Å²) in [5.74, 6) is 1.12. The summed E-state index contributed by atoms with van der Waals surface area (Å²) >= 11 is 0. The number of aromatic nitrogens is 2. The Morgan fingerprint density at radius 3 is 2.60 bits per heavy atom. The van der Waals surface area contributed by atoms with Crippen molar-refractivity contribution in [3.8, 4) is 11.8 Å². The van der Waals surface area contributed by atoms with Crippen LogP contribution in [0.4, 0.5) is 5.95 Å². The Balaban J connectivity index is 2.19. The number of ether oxygens (including phenoxy) is 3. The number of nitrogens with zero attached hydrogens (tertiary/aromatic N) is 3. The van der Waals surface area contributed by atoms with E-state index < -0.39 is 6.10 Å². The highest BCUT2D eigenvalue weighted by Crippen LogP contribution is 2.21. The highest BCUT2D eigenvalue weighted by molar-refractivity contribution is 5.81. The van der Waals surface area contributed by atoms with Gasteiger partial charge in [-0.15, -0.1) is 0 Å². The number of carbonyl (C=O) groups excluding carboxylic acids is 1. The topological polar surface area (TPSA) is 85.8 Å². The molecule has 8 heteroatoms. The van der Waals surface area contributed by atoms with Gasteiger partial charge >= 0.3 is 0 Å². The average Bonchev–Trinajstić information content (AvgIpc) is 2.53. The molecule has 110 valence electrons. The molecule has 1 aliphatic heterocycles. The number of nitrogens with one attached hydrogen (secondary N) is 1. The van der Waals surface area contributed by atoms with Gasteiger partial charge in [-0.2, -0.15) is 9.97 Å². The van der Waals surface area contributed by atoms with Gasteiger partial charge in [-0.25, -0.2) is 0 Å². The molecule has 1 saturated heterocycles. The fourth-order valence-electron chi connectivity index (χ4n) is 1.89. The first-order chi connectivity index (χ1) is 9.67. The Bertz CT molecular complexity index is 460. The lowest BCUT2D eigenvalue weighted by atomic mass is 10.2. The van der Waals surface area contributed by atoms with E-state index in [0.29, 0.717) is 37.4 Å². The van der Waals surface area contributed by atoms with E-state index in [0.717, 1.165) is 0 Å². The van der Waals surface area contributed by atoms with Gasteiger partial charge in [0.05, 0.1) is 33.4 Å². The van der Waals surface area contributed by atoms with E-state index in [1.165, 1.54) is 14.2 Å². The number of methoxy groups -OCH3 is 2. The van der Waals surface area contributed by atoms with E-state index in [1.807, 2.05) is 4.90 Å². The standard InChI is InChI=1S/C12H18N4O4/c1-13-11(17)8-7-16(4-5-20-8)12-14-9(18-2)6-10(15-12)19-3/h6,8H,4-5,7H2,1-3H3,(H,13,17). The van der Waals surface area contributed by atoms with Crippen LogP contribution in [0.5, 0.6) is 11.8 Å². The van der Waals surface area contributed by atoms with Crippen LogP contribution in [0.25, 0.3) is 0 Å². The van der Waals surface area contributed by atoms with Gasteiger partial charge in [0, 0.05) is 13.6 Å². The zero-order chi connectivity index (χ0) is 14.5. The summed E-state index contributed by atoms with van der Waals surface area (Å²) in [6, 6.07) is 1.60. The maximum atomic E-state index is 11.6. The Kier molecular flexibility index (Phi) is 4.57. The maximum Gasteiger partial charge on any atom is 0.250 e. The van der Waals surface area contributed by atoms with Crippen molar-refractivity contribution < 1.29 is 19.0 Å². The smallest absolute Gasteiger partial charge is 0.250 e. The number of anilines is 1. The third-order valence-corrected chi connectivity index (χ3v) is 2.97. The molecule has 1 N–H and O–H groups in total. The Labute approximate surface area is 117 Å². The second kappa shape index (κ2) is 6.38. The molecular weight excluding hydrogens is 264 g/mol. The van der Waals surface area contributed by atoms with Gasteiger partial charge in [-0.3, -0.25) is 4.79 Å². The number of likely N-dealkylation sites (N-methyl/N-ethyl adjacent to an activating group) is 1. The number of amides is 1. The quantitative estimate of drug-likeness (QED) is 0.792. The number of morpholine rings is 1. The normalized spacial score (nSPS) is 18.6. The minimum Gasteiger partial charge on any atom is -0.481 e. The number of carbonyl (C=O) groups is 1. The van der Waals surface area contributed by atoms with Crippen LogP contribution in [0.1, 0.15) is 0 Å². The van der Waals surface area contributed by atoms with E-state index in [-0.39, 0.29) is 5.91 Å². The molecule has 1 aliphatic rings. The summed E-state index contributed by atoms with van der Waals surface area (Å²) in [6.07, 6.45) is -0.533. The third-order valence-electron chi connectivity index (χ3n) is 2.97. The van der Waals surface area contributed by atoms with E-state index in [9.17, 15) is 4.79 Å². The van der Waals surface area contributed by atoms with Gasteiger partial charge in [0.2, 0.25) is 17.7 Å². The van der Waals surface area contributed by atoms with Crippen molar-refractivity contribution in [3.05, 3.63) is 6.07 Å². The van der Waals surface area contributed by atoms with Crippen LogP contribution in [-0.4, -0.2) is 62.9 Å². The largest absolute Gasteiger partial charge is 0.481 e. The minimum absolute atomic E-state index is 0.162.